The van der Waals surface area contributed by atoms with Crippen LogP contribution in [0.25, 0.3) is 0 Å². The Morgan fingerprint density at radius 2 is 2.11 bits per heavy atom. The van der Waals surface area contributed by atoms with E-state index in [9.17, 15) is 4.79 Å². The molecule has 2 unspecified atom stereocenters. The van der Waals surface area contributed by atoms with E-state index >= 15 is 0 Å². The minimum atomic E-state index is -0.675. The number of rotatable bonds is 3. The third-order valence-corrected chi connectivity index (χ3v) is 4.38. The van der Waals surface area contributed by atoms with Gasteiger partial charge in [0, 0.05) is 25.7 Å². The fourth-order valence-electron chi connectivity index (χ4n) is 3.33. The smallest absolute Gasteiger partial charge is 0.242 e. The van der Waals surface area contributed by atoms with E-state index in [2.05, 4.69) is 11.8 Å². The average molecular weight is 253 g/mol. The summed E-state index contributed by atoms with van der Waals surface area (Å²) in [6.45, 7) is 7.94. The highest BCUT2D eigenvalue weighted by molar-refractivity contribution is 5.85. The molecule has 0 aliphatic carbocycles. The minimum Gasteiger partial charge on any atom is -0.338 e. The first kappa shape index (κ1) is 13.8. The van der Waals surface area contributed by atoms with Crippen molar-refractivity contribution in [2.24, 2.45) is 5.73 Å². The van der Waals surface area contributed by atoms with Gasteiger partial charge in [0.2, 0.25) is 5.91 Å². The van der Waals surface area contributed by atoms with E-state index < -0.39 is 5.54 Å². The normalized spacial score (nSPS) is 28.6. The standard InChI is InChI=1S/C14H27N3O/c1-3-7-14(2,15)13(18)17-10-9-16-8-5-4-6-12(16)11-17/h12H,3-11,15H2,1-2H3. The molecule has 18 heavy (non-hydrogen) atoms. The van der Waals surface area contributed by atoms with Gasteiger partial charge in [0.15, 0.2) is 0 Å². The fourth-order valence-corrected chi connectivity index (χ4v) is 3.33. The highest BCUT2D eigenvalue weighted by Gasteiger charge is 2.37. The van der Waals surface area contributed by atoms with Crippen LogP contribution in [-0.4, -0.2) is 53.5 Å². The summed E-state index contributed by atoms with van der Waals surface area (Å²) >= 11 is 0. The molecule has 0 spiro atoms. The maximum absolute atomic E-state index is 12.5. The zero-order valence-electron chi connectivity index (χ0n) is 11.8. The Morgan fingerprint density at radius 3 is 2.83 bits per heavy atom. The van der Waals surface area contributed by atoms with Crippen molar-refractivity contribution >= 4 is 5.91 Å². The van der Waals surface area contributed by atoms with Crippen molar-refractivity contribution in [3.05, 3.63) is 0 Å². The number of carbonyl (C=O) groups is 1. The van der Waals surface area contributed by atoms with Crippen LogP contribution in [0.15, 0.2) is 0 Å². The first-order valence-corrected chi connectivity index (χ1v) is 7.37. The Kier molecular flexibility index (Phi) is 4.28. The summed E-state index contributed by atoms with van der Waals surface area (Å²) in [4.78, 5) is 17.0. The Labute approximate surface area is 110 Å². The lowest BCUT2D eigenvalue weighted by Crippen LogP contribution is -2.61. The monoisotopic (exact) mass is 253 g/mol. The number of carbonyl (C=O) groups excluding carboxylic acids is 1. The van der Waals surface area contributed by atoms with E-state index in [1.54, 1.807) is 0 Å². The molecular formula is C14H27N3O. The third-order valence-electron chi connectivity index (χ3n) is 4.38. The largest absolute Gasteiger partial charge is 0.338 e. The molecule has 2 saturated heterocycles. The SMILES string of the molecule is CCCC(C)(N)C(=O)N1CCN2CCCCC2C1. The number of fused-ring (bicyclic) bond motifs is 1. The van der Waals surface area contributed by atoms with E-state index in [0.29, 0.717) is 6.04 Å². The molecule has 104 valence electrons. The summed E-state index contributed by atoms with van der Waals surface area (Å²) in [5, 5.41) is 0. The molecule has 2 N–H and O–H groups in total. The number of hydrogen-bond donors (Lipinski definition) is 1. The van der Waals surface area contributed by atoms with Crippen molar-refractivity contribution in [3.8, 4) is 0 Å². The maximum atomic E-state index is 12.5. The predicted molar refractivity (Wildman–Crippen MR) is 73.3 cm³/mol. The van der Waals surface area contributed by atoms with Gasteiger partial charge in [-0.05, 0) is 32.7 Å². The summed E-state index contributed by atoms with van der Waals surface area (Å²) in [5.74, 6) is 0.148. The molecule has 2 aliphatic rings. The van der Waals surface area contributed by atoms with Crippen LogP contribution in [0.2, 0.25) is 0 Å². The number of nitrogens with two attached hydrogens (primary N) is 1. The quantitative estimate of drug-likeness (QED) is 0.822. The Hall–Kier alpha value is -0.610. The van der Waals surface area contributed by atoms with Gasteiger partial charge in [-0.3, -0.25) is 9.69 Å². The summed E-state index contributed by atoms with van der Waals surface area (Å²) in [7, 11) is 0. The molecule has 0 bridgehead atoms. The molecule has 2 atom stereocenters. The number of piperidine rings is 1. The van der Waals surface area contributed by atoms with Crippen LogP contribution in [0.4, 0.5) is 0 Å². The van der Waals surface area contributed by atoms with Gasteiger partial charge in [-0.25, -0.2) is 0 Å². The molecule has 0 saturated carbocycles. The Balaban J connectivity index is 1.96. The molecule has 4 heteroatoms. The van der Waals surface area contributed by atoms with Crippen molar-refractivity contribution in [1.82, 2.24) is 9.80 Å². The molecular weight excluding hydrogens is 226 g/mol. The fraction of sp³-hybridized carbons (Fsp3) is 0.929. The van der Waals surface area contributed by atoms with Gasteiger partial charge in [0.1, 0.15) is 0 Å². The van der Waals surface area contributed by atoms with E-state index in [1.807, 2.05) is 11.8 Å². The van der Waals surface area contributed by atoms with Crippen molar-refractivity contribution in [3.63, 3.8) is 0 Å². The molecule has 0 aromatic carbocycles. The van der Waals surface area contributed by atoms with Crippen LogP contribution in [0.3, 0.4) is 0 Å². The van der Waals surface area contributed by atoms with Crippen LogP contribution < -0.4 is 5.73 Å². The third kappa shape index (κ3) is 2.86. The van der Waals surface area contributed by atoms with E-state index in [4.69, 9.17) is 5.73 Å². The lowest BCUT2D eigenvalue weighted by atomic mass is 9.93. The van der Waals surface area contributed by atoms with Crippen molar-refractivity contribution < 1.29 is 4.79 Å². The Bertz CT molecular complexity index is 303. The first-order chi connectivity index (χ1) is 8.54. The number of nitrogens with zero attached hydrogens (tertiary/aromatic N) is 2. The molecule has 2 rings (SSSR count). The minimum absolute atomic E-state index is 0.148. The van der Waals surface area contributed by atoms with Crippen molar-refractivity contribution in [2.45, 2.75) is 57.5 Å². The van der Waals surface area contributed by atoms with Crippen LogP contribution in [-0.2, 0) is 4.79 Å². The van der Waals surface area contributed by atoms with Crippen molar-refractivity contribution in [1.29, 1.82) is 0 Å². The van der Waals surface area contributed by atoms with Crippen LogP contribution >= 0.6 is 0 Å². The maximum Gasteiger partial charge on any atom is 0.242 e. The number of piperazine rings is 1. The summed E-state index contributed by atoms with van der Waals surface area (Å²) < 4.78 is 0. The second-order valence-corrected chi connectivity index (χ2v) is 6.10. The van der Waals surface area contributed by atoms with Crippen LogP contribution in [0.5, 0.6) is 0 Å². The van der Waals surface area contributed by atoms with Gasteiger partial charge >= 0.3 is 0 Å². The first-order valence-electron chi connectivity index (χ1n) is 7.37. The molecule has 0 aromatic heterocycles. The lowest BCUT2D eigenvalue weighted by Gasteiger charge is -2.45. The molecule has 2 heterocycles. The summed E-state index contributed by atoms with van der Waals surface area (Å²) in [5.41, 5.74) is 5.49. The van der Waals surface area contributed by atoms with Gasteiger partial charge in [-0.1, -0.05) is 19.8 Å². The van der Waals surface area contributed by atoms with Gasteiger partial charge in [0.25, 0.3) is 0 Å². The number of amides is 1. The summed E-state index contributed by atoms with van der Waals surface area (Å²) in [6.07, 6.45) is 5.59. The number of hydrogen-bond acceptors (Lipinski definition) is 3. The van der Waals surface area contributed by atoms with E-state index in [1.165, 1.54) is 25.8 Å². The second kappa shape index (κ2) is 5.57. The molecule has 0 aromatic rings. The average Bonchev–Trinajstić information content (AvgIpc) is 2.37. The van der Waals surface area contributed by atoms with Crippen molar-refractivity contribution in [2.75, 3.05) is 26.2 Å². The molecule has 2 fully saturated rings. The van der Waals surface area contributed by atoms with Gasteiger partial charge < -0.3 is 10.6 Å². The van der Waals surface area contributed by atoms with Crippen LogP contribution in [0, 0.1) is 0 Å². The molecule has 4 nitrogen and oxygen atoms in total. The van der Waals surface area contributed by atoms with Gasteiger partial charge in [-0.2, -0.15) is 0 Å². The Morgan fingerprint density at radius 1 is 1.33 bits per heavy atom. The van der Waals surface area contributed by atoms with E-state index in [0.717, 1.165) is 32.5 Å². The van der Waals surface area contributed by atoms with Gasteiger partial charge in [0.05, 0.1) is 5.54 Å². The molecule has 1 amide bonds. The topological polar surface area (TPSA) is 49.6 Å². The highest BCUT2D eigenvalue weighted by Crippen LogP contribution is 2.23. The lowest BCUT2D eigenvalue weighted by molar-refractivity contribution is -0.140. The van der Waals surface area contributed by atoms with Crippen LogP contribution in [0.1, 0.15) is 46.0 Å². The molecule has 2 aliphatic heterocycles. The zero-order chi connectivity index (χ0) is 13.2. The zero-order valence-corrected chi connectivity index (χ0v) is 11.8. The van der Waals surface area contributed by atoms with E-state index in [-0.39, 0.29) is 5.91 Å². The highest BCUT2D eigenvalue weighted by atomic mass is 16.2. The molecule has 0 radical (unpaired) electrons. The van der Waals surface area contributed by atoms with Gasteiger partial charge in [-0.15, -0.1) is 0 Å². The predicted octanol–water partition coefficient (Wildman–Crippen LogP) is 1.20. The summed E-state index contributed by atoms with van der Waals surface area (Å²) in [6, 6.07) is 0.578. The second-order valence-electron chi connectivity index (χ2n) is 6.10.